The largest absolute Gasteiger partial charge is 0.354 e. The monoisotopic (exact) mass is 210 g/mol. The molecule has 16 heavy (non-hydrogen) atoms. The van der Waals surface area contributed by atoms with Gasteiger partial charge in [0.2, 0.25) is 0 Å². The summed E-state index contributed by atoms with van der Waals surface area (Å²) in [6.07, 6.45) is 13.4. The smallest absolute Gasteiger partial charge is 0.109 e. The Labute approximate surface area is 95.8 Å². The van der Waals surface area contributed by atoms with Crippen LogP contribution in [0, 0.1) is 12.3 Å². The SMILES string of the molecule is C#CCOC1(C)C=CC=c2ccccc2=C1. The molecule has 1 aliphatic rings. The second kappa shape index (κ2) is 4.38. The standard InChI is InChI=1S/C15H14O/c1-3-11-16-15(2)10-6-9-13-7-4-5-8-14(13)12-15/h1,4-10,12H,11H2,2H3. The van der Waals surface area contributed by atoms with Crippen LogP contribution in [0.4, 0.5) is 0 Å². The van der Waals surface area contributed by atoms with Crippen molar-refractivity contribution in [3.05, 3.63) is 46.9 Å². The maximum Gasteiger partial charge on any atom is 0.109 e. The van der Waals surface area contributed by atoms with Crippen LogP contribution in [-0.4, -0.2) is 12.2 Å². The second-order valence-electron chi connectivity index (χ2n) is 3.98. The zero-order chi connectivity index (χ0) is 11.4. The van der Waals surface area contributed by atoms with Gasteiger partial charge in [-0.25, -0.2) is 0 Å². The average Bonchev–Trinajstić information content (AvgIpc) is 2.45. The van der Waals surface area contributed by atoms with E-state index in [1.165, 1.54) is 10.4 Å². The lowest BCUT2D eigenvalue weighted by Gasteiger charge is -2.20. The molecule has 1 aromatic carbocycles. The zero-order valence-electron chi connectivity index (χ0n) is 9.31. The third-order valence-electron chi connectivity index (χ3n) is 2.61. The molecular weight excluding hydrogens is 196 g/mol. The highest BCUT2D eigenvalue weighted by Crippen LogP contribution is 2.15. The first-order chi connectivity index (χ1) is 7.73. The predicted octanol–water partition coefficient (Wildman–Crippen LogP) is 1.23. The molecule has 0 amide bonds. The van der Waals surface area contributed by atoms with Gasteiger partial charge in [-0.05, 0) is 29.5 Å². The zero-order valence-corrected chi connectivity index (χ0v) is 9.31. The molecule has 0 fully saturated rings. The van der Waals surface area contributed by atoms with Gasteiger partial charge in [-0.1, -0.05) is 42.3 Å². The fourth-order valence-corrected chi connectivity index (χ4v) is 1.78. The summed E-state index contributed by atoms with van der Waals surface area (Å²) in [5, 5.41) is 2.37. The van der Waals surface area contributed by atoms with Gasteiger partial charge in [-0.15, -0.1) is 6.42 Å². The summed E-state index contributed by atoms with van der Waals surface area (Å²) < 4.78 is 5.66. The Kier molecular flexibility index (Phi) is 2.94. The Morgan fingerprint density at radius 1 is 1.31 bits per heavy atom. The first kappa shape index (κ1) is 10.7. The maximum absolute atomic E-state index is 5.66. The molecule has 0 spiro atoms. The second-order valence-corrected chi connectivity index (χ2v) is 3.98. The number of rotatable bonds is 2. The van der Waals surface area contributed by atoms with E-state index in [1.54, 1.807) is 0 Å². The Morgan fingerprint density at radius 2 is 2.06 bits per heavy atom. The molecule has 1 atom stereocenters. The lowest BCUT2D eigenvalue weighted by atomic mass is 10.0. The van der Waals surface area contributed by atoms with Crippen molar-refractivity contribution in [2.45, 2.75) is 12.5 Å². The fourth-order valence-electron chi connectivity index (χ4n) is 1.78. The number of allylic oxidation sites excluding steroid dienone is 1. The molecule has 1 nitrogen and oxygen atoms in total. The Bertz CT molecular complexity index is 560. The number of ether oxygens (including phenoxy) is 1. The van der Waals surface area contributed by atoms with E-state index in [9.17, 15) is 0 Å². The van der Waals surface area contributed by atoms with Crippen molar-refractivity contribution in [3.63, 3.8) is 0 Å². The third-order valence-corrected chi connectivity index (χ3v) is 2.61. The first-order valence-corrected chi connectivity index (χ1v) is 5.28. The van der Waals surface area contributed by atoms with Gasteiger partial charge in [-0.3, -0.25) is 0 Å². The molecule has 1 unspecified atom stereocenters. The van der Waals surface area contributed by atoms with E-state index >= 15 is 0 Å². The highest BCUT2D eigenvalue weighted by molar-refractivity contribution is 5.50. The van der Waals surface area contributed by atoms with Crippen molar-refractivity contribution in [3.8, 4) is 12.3 Å². The van der Waals surface area contributed by atoms with Crippen molar-refractivity contribution in [1.29, 1.82) is 0 Å². The average molecular weight is 210 g/mol. The lowest BCUT2D eigenvalue weighted by Crippen LogP contribution is -2.30. The van der Waals surface area contributed by atoms with Crippen molar-refractivity contribution in [2.24, 2.45) is 0 Å². The van der Waals surface area contributed by atoms with Gasteiger partial charge in [0, 0.05) is 0 Å². The molecule has 80 valence electrons. The fraction of sp³-hybridized carbons (Fsp3) is 0.200. The van der Waals surface area contributed by atoms with Gasteiger partial charge in [0.25, 0.3) is 0 Å². The summed E-state index contributed by atoms with van der Waals surface area (Å²) in [7, 11) is 0. The maximum atomic E-state index is 5.66. The number of hydrogen-bond donors (Lipinski definition) is 0. The Hall–Kier alpha value is -1.78. The van der Waals surface area contributed by atoms with Crippen LogP contribution < -0.4 is 10.4 Å². The van der Waals surface area contributed by atoms with Gasteiger partial charge in [-0.2, -0.15) is 0 Å². The summed E-state index contributed by atoms with van der Waals surface area (Å²) in [6.45, 7) is 2.33. The van der Waals surface area contributed by atoms with Gasteiger partial charge >= 0.3 is 0 Å². The Morgan fingerprint density at radius 3 is 2.81 bits per heavy atom. The van der Waals surface area contributed by atoms with Crippen LogP contribution in [0.5, 0.6) is 0 Å². The minimum atomic E-state index is -0.421. The number of terminal acetylenes is 1. The van der Waals surface area contributed by atoms with Crippen molar-refractivity contribution in [1.82, 2.24) is 0 Å². The van der Waals surface area contributed by atoms with Crippen molar-refractivity contribution in [2.75, 3.05) is 6.61 Å². The van der Waals surface area contributed by atoms with Crippen LogP contribution in [0.25, 0.3) is 12.2 Å². The first-order valence-electron chi connectivity index (χ1n) is 5.28. The Balaban J connectivity index is 2.48. The van der Waals surface area contributed by atoms with Crippen LogP contribution in [0.2, 0.25) is 0 Å². The number of fused-ring (bicyclic) bond motifs is 1. The molecule has 0 N–H and O–H groups in total. The summed E-state index contributed by atoms with van der Waals surface area (Å²) in [5.41, 5.74) is -0.421. The van der Waals surface area contributed by atoms with E-state index in [1.807, 2.05) is 31.2 Å². The molecule has 0 aliphatic heterocycles. The molecule has 0 saturated heterocycles. The molecule has 0 aromatic heterocycles. The molecule has 1 aliphatic carbocycles. The normalized spacial score (nSPS) is 22.2. The number of benzene rings is 1. The summed E-state index contributed by atoms with van der Waals surface area (Å²) in [4.78, 5) is 0. The van der Waals surface area contributed by atoms with E-state index in [2.05, 4.69) is 30.2 Å². The van der Waals surface area contributed by atoms with Crippen LogP contribution in [0.15, 0.2) is 36.4 Å². The predicted molar refractivity (Wildman–Crippen MR) is 67.0 cm³/mol. The highest BCUT2D eigenvalue weighted by atomic mass is 16.5. The molecule has 0 heterocycles. The van der Waals surface area contributed by atoms with E-state index < -0.39 is 5.60 Å². The lowest BCUT2D eigenvalue weighted by molar-refractivity contribution is 0.0784. The summed E-state index contributed by atoms with van der Waals surface area (Å²) in [6, 6.07) is 8.22. The minimum Gasteiger partial charge on any atom is -0.354 e. The van der Waals surface area contributed by atoms with E-state index in [-0.39, 0.29) is 0 Å². The van der Waals surface area contributed by atoms with Crippen LogP contribution in [0.1, 0.15) is 6.92 Å². The van der Waals surface area contributed by atoms with Crippen molar-refractivity contribution < 1.29 is 4.74 Å². The third kappa shape index (κ3) is 2.24. The molecule has 1 heteroatoms. The molecular formula is C15H14O. The van der Waals surface area contributed by atoms with Gasteiger partial charge < -0.3 is 4.74 Å². The van der Waals surface area contributed by atoms with Gasteiger partial charge in [0.05, 0.1) is 0 Å². The van der Waals surface area contributed by atoms with Crippen LogP contribution >= 0.6 is 0 Å². The molecule has 1 aromatic rings. The van der Waals surface area contributed by atoms with Gasteiger partial charge in [0.1, 0.15) is 12.2 Å². The van der Waals surface area contributed by atoms with Crippen LogP contribution in [0.3, 0.4) is 0 Å². The van der Waals surface area contributed by atoms with Crippen LogP contribution in [-0.2, 0) is 4.74 Å². The number of hydrogen-bond acceptors (Lipinski definition) is 1. The van der Waals surface area contributed by atoms with E-state index in [0.29, 0.717) is 6.61 Å². The molecule has 0 bridgehead atoms. The van der Waals surface area contributed by atoms with Gasteiger partial charge in [0.15, 0.2) is 0 Å². The summed E-state index contributed by atoms with van der Waals surface area (Å²) >= 11 is 0. The molecule has 0 saturated carbocycles. The highest BCUT2D eigenvalue weighted by Gasteiger charge is 2.18. The summed E-state index contributed by atoms with van der Waals surface area (Å²) in [5.74, 6) is 2.50. The topological polar surface area (TPSA) is 9.23 Å². The van der Waals surface area contributed by atoms with Crippen molar-refractivity contribution >= 4 is 12.2 Å². The quantitative estimate of drug-likeness (QED) is 0.667. The van der Waals surface area contributed by atoms with E-state index in [4.69, 9.17) is 11.2 Å². The molecule has 2 rings (SSSR count). The molecule has 0 radical (unpaired) electrons. The minimum absolute atomic E-state index is 0.319. The van der Waals surface area contributed by atoms with E-state index in [0.717, 1.165) is 0 Å².